The Morgan fingerprint density at radius 1 is 0.333 bits per heavy atom. The summed E-state index contributed by atoms with van der Waals surface area (Å²) in [4.78, 5) is 10.7. The largest absolute Gasteiger partial charge is 0.456 e. The van der Waals surface area contributed by atoms with E-state index < -0.39 is 0 Å². The molecule has 0 aliphatic carbocycles. The number of nitrogens with zero attached hydrogens (tertiary/aromatic N) is 3. The minimum absolute atomic E-state index is 0.641. The van der Waals surface area contributed by atoms with Gasteiger partial charge in [0.1, 0.15) is 28.1 Å². The summed E-state index contributed by atoms with van der Waals surface area (Å²) in [6, 6.07) is 74.5. The monoisotopic (exact) mass is 805 g/mol. The van der Waals surface area contributed by atoms with E-state index >= 15 is 0 Å². The summed E-state index contributed by atoms with van der Waals surface area (Å²) in [6.07, 6.45) is 0. The van der Waals surface area contributed by atoms with Gasteiger partial charge in [-0.05, 0) is 70.8 Å². The molecule has 9 aromatic carbocycles. The first-order chi connectivity index (χ1) is 31.2. The molecule has 0 saturated heterocycles. The van der Waals surface area contributed by atoms with Gasteiger partial charge in [0.25, 0.3) is 0 Å². The Labute approximate surface area is 361 Å². The molecular formula is C58H35N3O2. The van der Waals surface area contributed by atoms with Crippen molar-refractivity contribution in [1.82, 2.24) is 14.5 Å². The van der Waals surface area contributed by atoms with Crippen LogP contribution in [0.4, 0.5) is 0 Å². The molecule has 294 valence electrons. The molecule has 0 N–H and O–H groups in total. The maximum Gasteiger partial charge on any atom is 0.162 e. The second-order valence-electron chi connectivity index (χ2n) is 16.1. The fraction of sp³-hybridized carbons (Fsp3) is 0. The normalized spacial score (nSPS) is 11.8. The summed E-state index contributed by atoms with van der Waals surface area (Å²) < 4.78 is 15.3. The summed E-state index contributed by atoms with van der Waals surface area (Å²) in [6.45, 7) is 0. The van der Waals surface area contributed by atoms with Crippen molar-refractivity contribution in [2.24, 2.45) is 0 Å². The van der Waals surface area contributed by atoms with Gasteiger partial charge in [0.2, 0.25) is 0 Å². The van der Waals surface area contributed by atoms with E-state index in [0.29, 0.717) is 5.82 Å². The molecule has 4 aromatic heterocycles. The van der Waals surface area contributed by atoms with Crippen LogP contribution in [0.15, 0.2) is 221 Å². The van der Waals surface area contributed by atoms with Crippen LogP contribution in [0.1, 0.15) is 0 Å². The highest BCUT2D eigenvalue weighted by molar-refractivity contribution is 6.16. The lowest BCUT2D eigenvalue weighted by Gasteiger charge is -2.16. The smallest absolute Gasteiger partial charge is 0.162 e. The van der Waals surface area contributed by atoms with E-state index in [1.807, 2.05) is 48.5 Å². The molecule has 0 radical (unpaired) electrons. The molecule has 63 heavy (non-hydrogen) atoms. The molecule has 5 heteroatoms. The number of rotatable bonds is 6. The maximum atomic E-state index is 6.56. The molecule has 0 atom stereocenters. The number of furan rings is 2. The fourth-order valence-electron chi connectivity index (χ4n) is 9.48. The molecular weight excluding hydrogens is 771 g/mol. The molecule has 0 saturated carbocycles. The van der Waals surface area contributed by atoms with Crippen LogP contribution < -0.4 is 0 Å². The van der Waals surface area contributed by atoms with Crippen molar-refractivity contribution in [3.8, 4) is 61.8 Å². The number of para-hydroxylation sites is 4. The van der Waals surface area contributed by atoms with E-state index in [1.54, 1.807) is 0 Å². The Balaban J connectivity index is 1.09. The Morgan fingerprint density at radius 2 is 0.952 bits per heavy atom. The zero-order chi connectivity index (χ0) is 41.4. The minimum atomic E-state index is 0.641. The molecule has 13 rings (SSSR count). The average Bonchev–Trinajstić information content (AvgIpc) is 4.04. The lowest BCUT2D eigenvalue weighted by Crippen LogP contribution is -2.03. The van der Waals surface area contributed by atoms with Crippen molar-refractivity contribution in [3.63, 3.8) is 0 Å². The summed E-state index contributed by atoms with van der Waals surface area (Å²) >= 11 is 0. The van der Waals surface area contributed by atoms with Crippen LogP contribution in [-0.2, 0) is 0 Å². The first kappa shape index (κ1) is 35.2. The van der Waals surface area contributed by atoms with Crippen LogP contribution in [0, 0.1) is 0 Å². The van der Waals surface area contributed by atoms with E-state index in [4.69, 9.17) is 18.8 Å². The van der Waals surface area contributed by atoms with Crippen LogP contribution >= 0.6 is 0 Å². The van der Waals surface area contributed by atoms with Crippen LogP contribution in [-0.4, -0.2) is 14.5 Å². The Bertz CT molecular complexity index is 3910. The highest BCUT2D eigenvalue weighted by Crippen LogP contribution is 2.44. The van der Waals surface area contributed by atoms with Gasteiger partial charge in [-0.25, -0.2) is 9.97 Å². The van der Waals surface area contributed by atoms with Crippen LogP contribution in [0.2, 0.25) is 0 Å². The maximum absolute atomic E-state index is 6.56. The van der Waals surface area contributed by atoms with Crippen molar-refractivity contribution in [3.05, 3.63) is 212 Å². The zero-order valence-corrected chi connectivity index (χ0v) is 33.9. The van der Waals surface area contributed by atoms with Crippen LogP contribution in [0.5, 0.6) is 0 Å². The van der Waals surface area contributed by atoms with Gasteiger partial charge in [-0.1, -0.05) is 158 Å². The molecule has 5 nitrogen and oxygen atoms in total. The van der Waals surface area contributed by atoms with Gasteiger partial charge in [-0.3, -0.25) is 4.57 Å². The minimum Gasteiger partial charge on any atom is -0.456 e. The number of fused-ring (bicyclic) bond motifs is 9. The average molecular weight is 806 g/mol. The fourth-order valence-corrected chi connectivity index (χ4v) is 9.48. The van der Waals surface area contributed by atoms with Crippen molar-refractivity contribution in [1.29, 1.82) is 0 Å². The number of hydrogen-bond acceptors (Lipinski definition) is 4. The third kappa shape index (κ3) is 5.71. The summed E-state index contributed by atoms with van der Waals surface area (Å²) in [7, 11) is 0. The Kier molecular flexibility index (Phi) is 7.84. The topological polar surface area (TPSA) is 57.0 Å². The summed E-state index contributed by atoms with van der Waals surface area (Å²) in [5, 5.41) is 6.67. The van der Waals surface area contributed by atoms with Crippen LogP contribution in [0.25, 0.3) is 128 Å². The number of hydrogen-bond donors (Lipinski definition) is 0. The number of aromatic nitrogens is 3. The molecule has 13 aromatic rings. The van der Waals surface area contributed by atoms with E-state index in [2.05, 4.69) is 168 Å². The standard InChI is InChI=1S/C58H35N3O2/c1-3-15-36(16-4-1)41-32-48(39-20-13-19-38(31-39)42-24-14-25-47-45-23-9-12-28-53(45)63-57(42)47)56-49(33-41)43-21-7-10-26-51(43)61(56)55-35-50(59-58(60-55)37-17-5-2-6-18-37)40-29-30-46-44-22-8-11-27-52(44)62-54(46)34-40/h1-35H. The van der Waals surface area contributed by atoms with Gasteiger partial charge < -0.3 is 8.83 Å². The predicted octanol–water partition coefficient (Wildman–Crippen LogP) is 15.7. The quantitative estimate of drug-likeness (QED) is 0.168. The second kappa shape index (κ2) is 14.0. The van der Waals surface area contributed by atoms with E-state index in [1.165, 1.54) is 0 Å². The highest BCUT2D eigenvalue weighted by Gasteiger charge is 2.22. The highest BCUT2D eigenvalue weighted by atomic mass is 16.3. The number of benzene rings is 9. The molecule has 4 heterocycles. The molecule has 0 unspecified atom stereocenters. The van der Waals surface area contributed by atoms with Crippen molar-refractivity contribution >= 4 is 65.7 Å². The lowest BCUT2D eigenvalue weighted by atomic mass is 9.93. The summed E-state index contributed by atoms with van der Waals surface area (Å²) in [5.74, 6) is 1.41. The first-order valence-corrected chi connectivity index (χ1v) is 21.2. The molecule has 0 amide bonds. The van der Waals surface area contributed by atoms with Gasteiger partial charge >= 0.3 is 0 Å². The van der Waals surface area contributed by atoms with Crippen LogP contribution in [0.3, 0.4) is 0 Å². The van der Waals surface area contributed by atoms with Gasteiger partial charge in [-0.2, -0.15) is 0 Å². The van der Waals surface area contributed by atoms with Crippen molar-refractivity contribution in [2.45, 2.75) is 0 Å². The third-order valence-corrected chi connectivity index (χ3v) is 12.4. The molecule has 0 bridgehead atoms. The van der Waals surface area contributed by atoms with E-state index in [9.17, 15) is 0 Å². The lowest BCUT2D eigenvalue weighted by molar-refractivity contribution is 0.669. The van der Waals surface area contributed by atoms with Gasteiger partial charge in [0, 0.05) is 60.6 Å². The van der Waals surface area contributed by atoms with E-state index in [0.717, 1.165) is 122 Å². The molecule has 0 fully saturated rings. The van der Waals surface area contributed by atoms with E-state index in [-0.39, 0.29) is 0 Å². The Morgan fingerprint density at radius 3 is 1.76 bits per heavy atom. The van der Waals surface area contributed by atoms with Crippen molar-refractivity contribution < 1.29 is 8.83 Å². The zero-order valence-electron chi connectivity index (χ0n) is 33.9. The molecule has 0 aliphatic rings. The molecule has 0 spiro atoms. The van der Waals surface area contributed by atoms with Gasteiger partial charge in [0.05, 0.1) is 16.7 Å². The Hall–Kier alpha value is -8.54. The predicted molar refractivity (Wildman–Crippen MR) is 258 cm³/mol. The second-order valence-corrected chi connectivity index (χ2v) is 16.1. The van der Waals surface area contributed by atoms with Gasteiger partial charge in [0.15, 0.2) is 5.82 Å². The first-order valence-electron chi connectivity index (χ1n) is 21.2. The van der Waals surface area contributed by atoms with Crippen molar-refractivity contribution in [2.75, 3.05) is 0 Å². The van der Waals surface area contributed by atoms with Gasteiger partial charge in [-0.15, -0.1) is 0 Å². The SMILES string of the molecule is c1ccc(-c2cc(-c3cccc(-c4cccc5c4oc4ccccc45)c3)c3c(c2)c2ccccc2n3-c2cc(-c3ccc4c(c3)oc3ccccc34)nc(-c3ccccc3)n2)cc1. The molecule has 0 aliphatic heterocycles. The summed E-state index contributed by atoms with van der Waals surface area (Å²) in [5.41, 5.74) is 14.8. The third-order valence-electron chi connectivity index (χ3n) is 12.4.